The highest BCUT2D eigenvalue weighted by Crippen LogP contribution is 2.36. The lowest BCUT2D eigenvalue weighted by molar-refractivity contribution is -0.141. The maximum atomic E-state index is 13.3. The van der Waals surface area contributed by atoms with E-state index in [0.29, 0.717) is 12.8 Å². The third-order valence-electron chi connectivity index (χ3n) is 5.30. The highest BCUT2D eigenvalue weighted by atomic mass is 32.1. The molecule has 1 aliphatic carbocycles. The quantitative estimate of drug-likeness (QED) is 0.261. The summed E-state index contributed by atoms with van der Waals surface area (Å²) in [6, 6.07) is -1.63. The number of carbonyl (C=O) groups is 4. The normalized spacial score (nSPS) is 20.6. The molecule has 1 aliphatic rings. The number of hydrogen-bond acceptors (Lipinski definition) is 7. The van der Waals surface area contributed by atoms with Gasteiger partial charge in [0.05, 0.1) is 23.8 Å². The fourth-order valence-electron chi connectivity index (χ4n) is 3.59. The molecule has 4 N–H and O–H groups in total. The van der Waals surface area contributed by atoms with E-state index in [1.807, 2.05) is 26.0 Å². The Morgan fingerprint density at radius 2 is 1.87 bits per heavy atom. The number of esters is 1. The van der Waals surface area contributed by atoms with Crippen molar-refractivity contribution in [2.75, 3.05) is 14.2 Å². The van der Waals surface area contributed by atoms with Crippen LogP contribution in [0, 0.1) is 11.3 Å². The lowest BCUT2D eigenvalue weighted by atomic mass is 9.70. The molecule has 2 amide bonds. The zero-order valence-corrected chi connectivity index (χ0v) is 19.6. The Morgan fingerprint density at radius 3 is 2.39 bits per heavy atom. The van der Waals surface area contributed by atoms with Gasteiger partial charge >= 0.3 is 5.97 Å². The molecule has 0 aliphatic heterocycles. The van der Waals surface area contributed by atoms with Crippen LogP contribution in [0.3, 0.4) is 0 Å². The van der Waals surface area contributed by atoms with E-state index in [9.17, 15) is 19.2 Å². The Labute approximate surface area is 189 Å². The Bertz CT molecular complexity index is 722. The van der Waals surface area contributed by atoms with Crippen molar-refractivity contribution >= 4 is 36.2 Å². The molecule has 0 saturated heterocycles. The summed E-state index contributed by atoms with van der Waals surface area (Å²) in [6.07, 6.45) is 8.42. The van der Waals surface area contributed by atoms with E-state index in [1.165, 1.54) is 14.2 Å². The first-order valence-electron chi connectivity index (χ1n) is 10.5. The number of methoxy groups -OCH3 is 1. The van der Waals surface area contributed by atoms with Crippen LogP contribution in [-0.4, -0.2) is 55.1 Å². The maximum Gasteiger partial charge on any atom is 0.305 e. The smallest absolute Gasteiger partial charge is 0.305 e. The van der Waals surface area contributed by atoms with E-state index in [1.54, 1.807) is 12.2 Å². The fourth-order valence-corrected chi connectivity index (χ4v) is 3.79. The number of hydrogen-bond donors (Lipinski definition) is 4. The van der Waals surface area contributed by atoms with Gasteiger partial charge in [0, 0.05) is 13.5 Å². The Morgan fingerprint density at radius 1 is 1.19 bits per heavy atom. The minimum Gasteiger partial charge on any atom is -0.469 e. The summed E-state index contributed by atoms with van der Waals surface area (Å²) in [5.74, 6) is -1.27. The highest BCUT2D eigenvalue weighted by Gasteiger charge is 2.42. The van der Waals surface area contributed by atoms with Gasteiger partial charge in [-0.25, -0.2) is 0 Å². The number of Topliss-reactive ketones (excluding diaryl/α,β-unsaturated/α-hetero) is 1. The third kappa shape index (κ3) is 8.14. The number of ether oxygens (including phenoxy) is 1. The van der Waals surface area contributed by atoms with Gasteiger partial charge < -0.3 is 21.1 Å². The van der Waals surface area contributed by atoms with Gasteiger partial charge in [0.15, 0.2) is 5.78 Å². The summed E-state index contributed by atoms with van der Waals surface area (Å²) in [7, 11) is 2.73. The van der Waals surface area contributed by atoms with Crippen LogP contribution in [0.5, 0.6) is 0 Å². The van der Waals surface area contributed by atoms with E-state index in [4.69, 9.17) is 5.73 Å². The molecule has 0 radical (unpaired) electrons. The molecule has 0 fully saturated rings. The predicted molar refractivity (Wildman–Crippen MR) is 122 cm³/mol. The number of nitrogens with one attached hydrogen (secondary N) is 2. The molecule has 0 bridgehead atoms. The fraction of sp³-hybridized carbons (Fsp3) is 0.636. The molecular weight excluding hydrogens is 418 g/mol. The first-order valence-corrected chi connectivity index (χ1v) is 11.0. The summed E-state index contributed by atoms with van der Waals surface area (Å²) in [6.45, 7) is 3.98. The first-order chi connectivity index (χ1) is 14.6. The number of ketones is 1. The van der Waals surface area contributed by atoms with E-state index < -0.39 is 40.5 Å². The molecule has 0 heterocycles. The molecule has 31 heavy (non-hydrogen) atoms. The number of nitrogens with two attached hydrogens (primary N) is 1. The number of carbonyl (C=O) groups excluding carboxylic acids is 4. The SMILES string of the molecule is CNC(=O)[C@H](CC1(C(=O)[C@@H](N)CC(C)C)C=CC=CC1)NC(=O)C(S)CCC(=O)OC. The van der Waals surface area contributed by atoms with E-state index >= 15 is 0 Å². The molecule has 0 spiro atoms. The number of rotatable bonds is 12. The zero-order chi connectivity index (χ0) is 23.6. The molecule has 1 rings (SSSR count). The summed E-state index contributed by atoms with van der Waals surface area (Å²) in [4.78, 5) is 49.8. The molecule has 0 aromatic carbocycles. The largest absolute Gasteiger partial charge is 0.469 e. The number of thiol groups is 1. The topological polar surface area (TPSA) is 128 Å². The van der Waals surface area contributed by atoms with Crippen LogP contribution < -0.4 is 16.4 Å². The summed E-state index contributed by atoms with van der Waals surface area (Å²) < 4.78 is 4.57. The van der Waals surface area contributed by atoms with Gasteiger partial charge in [-0.3, -0.25) is 19.2 Å². The van der Waals surface area contributed by atoms with Gasteiger partial charge in [0.2, 0.25) is 11.8 Å². The van der Waals surface area contributed by atoms with Gasteiger partial charge in [-0.05, 0) is 31.6 Å². The van der Waals surface area contributed by atoms with Crippen LogP contribution in [0.25, 0.3) is 0 Å². The lowest BCUT2D eigenvalue weighted by Gasteiger charge is -2.35. The number of allylic oxidation sites excluding steroid dienone is 4. The second-order valence-electron chi connectivity index (χ2n) is 8.26. The van der Waals surface area contributed by atoms with Crippen LogP contribution in [0.4, 0.5) is 0 Å². The predicted octanol–water partition coefficient (Wildman–Crippen LogP) is 1.30. The van der Waals surface area contributed by atoms with Crippen molar-refractivity contribution in [2.24, 2.45) is 17.1 Å². The molecule has 2 unspecified atom stereocenters. The Kier molecular flexibility index (Phi) is 11.0. The average molecular weight is 454 g/mol. The molecule has 8 nitrogen and oxygen atoms in total. The monoisotopic (exact) mass is 453 g/mol. The minimum atomic E-state index is -0.994. The Balaban J connectivity index is 3.02. The summed E-state index contributed by atoms with van der Waals surface area (Å²) >= 11 is 4.24. The second-order valence-corrected chi connectivity index (χ2v) is 8.88. The van der Waals surface area contributed by atoms with Crippen molar-refractivity contribution in [2.45, 2.75) is 63.3 Å². The third-order valence-corrected chi connectivity index (χ3v) is 5.79. The Hall–Kier alpha value is -2.13. The van der Waals surface area contributed by atoms with Crippen molar-refractivity contribution in [3.05, 3.63) is 24.3 Å². The van der Waals surface area contributed by atoms with Gasteiger partial charge in [0.1, 0.15) is 6.04 Å². The van der Waals surface area contributed by atoms with E-state index in [-0.39, 0.29) is 31.0 Å². The molecule has 9 heteroatoms. The molecular formula is C22H35N3O5S. The number of likely N-dealkylation sites (N-methyl/N-ethyl adjacent to an activating group) is 1. The van der Waals surface area contributed by atoms with Gasteiger partial charge in [0.25, 0.3) is 0 Å². The standard InChI is InChI=1S/C22H35N3O5S/c1-14(2)12-15(23)19(27)22(10-6-5-7-11-22)13-16(20(28)24-3)25-21(29)17(31)8-9-18(26)30-4/h5-7,10,14-17,31H,8-9,11-13,23H2,1-4H3,(H,24,28)(H,25,29)/t15-,16-,17?,22?/m0/s1. The van der Waals surface area contributed by atoms with Crippen molar-refractivity contribution in [3.63, 3.8) is 0 Å². The highest BCUT2D eigenvalue weighted by molar-refractivity contribution is 7.81. The van der Waals surface area contributed by atoms with Crippen molar-refractivity contribution < 1.29 is 23.9 Å². The van der Waals surface area contributed by atoms with Crippen LogP contribution >= 0.6 is 12.6 Å². The van der Waals surface area contributed by atoms with Crippen molar-refractivity contribution in [1.29, 1.82) is 0 Å². The van der Waals surface area contributed by atoms with Gasteiger partial charge in [-0.15, -0.1) is 0 Å². The van der Waals surface area contributed by atoms with Crippen LogP contribution in [-0.2, 0) is 23.9 Å². The van der Waals surface area contributed by atoms with Crippen LogP contribution in [0.1, 0.15) is 46.0 Å². The van der Waals surface area contributed by atoms with Crippen LogP contribution in [0.2, 0.25) is 0 Å². The molecule has 0 saturated carbocycles. The lowest BCUT2D eigenvalue weighted by Crippen LogP contribution is -2.53. The maximum absolute atomic E-state index is 13.3. The molecule has 4 atom stereocenters. The van der Waals surface area contributed by atoms with E-state index in [2.05, 4.69) is 28.0 Å². The molecule has 0 aromatic rings. The molecule has 0 aromatic heterocycles. The van der Waals surface area contributed by atoms with Crippen molar-refractivity contribution in [3.8, 4) is 0 Å². The zero-order valence-electron chi connectivity index (χ0n) is 18.7. The minimum absolute atomic E-state index is 0.0305. The second kappa shape index (κ2) is 12.7. The average Bonchev–Trinajstić information content (AvgIpc) is 2.75. The van der Waals surface area contributed by atoms with Gasteiger partial charge in [-0.2, -0.15) is 12.6 Å². The number of amides is 2. The van der Waals surface area contributed by atoms with Crippen LogP contribution in [0.15, 0.2) is 24.3 Å². The molecule has 174 valence electrons. The van der Waals surface area contributed by atoms with Gasteiger partial charge in [-0.1, -0.05) is 38.2 Å². The summed E-state index contributed by atoms with van der Waals surface area (Å²) in [5.41, 5.74) is 5.20. The first kappa shape index (κ1) is 26.9. The van der Waals surface area contributed by atoms with Crippen molar-refractivity contribution in [1.82, 2.24) is 10.6 Å². The summed E-state index contributed by atoms with van der Waals surface area (Å²) in [5, 5.41) is 4.42. The van der Waals surface area contributed by atoms with E-state index in [0.717, 1.165) is 0 Å².